The molecule has 1 heterocycles. The largest absolute Gasteiger partial charge is 0.500 e. The Kier molecular flexibility index (Phi) is 5.20. The number of ether oxygens (including phenoxy) is 1. The Balaban J connectivity index is 2.02. The fraction of sp³-hybridized carbons (Fsp3) is 0.647. The van der Waals surface area contributed by atoms with Crippen LogP contribution in [-0.4, -0.2) is 48.2 Å². The average molecular weight is 335 g/mol. The maximum atomic E-state index is 11.3. The number of rotatable bonds is 5. The van der Waals surface area contributed by atoms with E-state index in [9.17, 15) is 15.2 Å². The highest BCUT2D eigenvalue weighted by Crippen LogP contribution is 2.44. The van der Waals surface area contributed by atoms with E-state index in [0.717, 1.165) is 44.6 Å². The van der Waals surface area contributed by atoms with E-state index in [1.165, 1.54) is 26.0 Å². The lowest BCUT2D eigenvalue weighted by molar-refractivity contribution is -0.386. The number of hydrogen-bond donors (Lipinski definition) is 2. The Bertz CT molecular complexity index is 596. The van der Waals surface area contributed by atoms with E-state index in [1.54, 1.807) is 6.07 Å². The third-order valence-electron chi connectivity index (χ3n) is 5.23. The molecule has 7 nitrogen and oxygen atoms in total. The number of nitro groups is 1. The number of piperazine rings is 1. The Morgan fingerprint density at radius 2 is 2.00 bits per heavy atom. The van der Waals surface area contributed by atoms with Crippen molar-refractivity contribution in [2.45, 2.75) is 31.7 Å². The van der Waals surface area contributed by atoms with Gasteiger partial charge < -0.3 is 15.2 Å². The van der Waals surface area contributed by atoms with E-state index >= 15 is 0 Å². The summed E-state index contributed by atoms with van der Waals surface area (Å²) in [5.74, 6) is 0.283. The molecule has 2 N–H and O–H groups in total. The molecule has 0 radical (unpaired) electrons. The van der Waals surface area contributed by atoms with Gasteiger partial charge in [-0.25, -0.2) is 0 Å². The lowest BCUT2D eigenvalue weighted by atomic mass is 9.89. The summed E-state index contributed by atoms with van der Waals surface area (Å²) in [6.07, 6.45) is 4.71. The van der Waals surface area contributed by atoms with Crippen molar-refractivity contribution in [3.8, 4) is 11.5 Å². The molecule has 0 aromatic heterocycles. The van der Waals surface area contributed by atoms with Crippen molar-refractivity contribution in [3.63, 3.8) is 0 Å². The number of nitrogens with one attached hydrogen (secondary N) is 1. The molecule has 1 atom stereocenters. The fourth-order valence-corrected chi connectivity index (χ4v) is 4.09. The first-order valence-electron chi connectivity index (χ1n) is 8.62. The number of phenolic OH excluding ortho intramolecular Hbond substituents is 1. The maximum absolute atomic E-state index is 11.3. The van der Waals surface area contributed by atoms with Gasteiger partial charge in [0.05, 0.1) is 12.0 Å². The van der Waals surface area contributed by atoms with E-state index < -0.39 is 10.7 Å². The molecule has 1 aromatic carbocycles. The van der Waals surface area contributed by atoms with Gasteiger partial charge in [0.2, 0.25) is 5.75 Å². The molecule has 132 valence electrons. The number of nitrogens with zero attached hydrogens (tertiary/aromatic N) is 2. The Hall–Kier alpha value is -1.86. The predicted molar refractivity (Wildman–Crippen MR) is 90.5 cm³/mol. The van der Waals surface area contributed by atoms with Crippen LogP contribution < -0.4 is 10.1 Å². The SMILES string of the molecule is COc1cc([C@H](C2CCCC2)N2CCNCC2)cc([N+](=O)[O-])c1O. The molecule has 7 heteroatoms. The maximum Gasteiger partial charge on any atom is 0.314 e. The highest BCUT2D eigenvalue weighted by molar-refractivity contribution is 5.57. The standard InChI is InChI=1S/C17H25N3O4/c1-24-15-11-13(10-14(17(15)21)20(22)23)16(12-4-2-3-5-12)19-8-6-18-7-9-19/h10-12,16,18,21H,2-9H2,1H3/t16-/m0/s1. The van der Waals surface area contributed by atoms with Crippen LogP contribution in [0.5, 0.6) is 11.5 Å². The molecule has 1 saturated carbocycles. The van der Waals surface area contributed by atoms with E-state index in [-0.39, 0.29) is 17.5 Å². The van der Waals surface area contributed by atoms with Crippen molar-refractivity contribution < 1.29 is 14.8 Å². The van der Waals surface area contributed by atoms with E-state index in [1.807, 2.05) is 0 Å². The zero-order valence-electron chi connectivity index (χ0n) is 14.0. The van der Waals surface area contributed by atoms with Crippen molar-refractivity contribution in [2.24, 2.45) is 5.92 Å². The summed E-state index contributed by atoms with van der Waals surface area (Å²) in [6, 6.07) is 3.44. The summed E-state index contributed by atoms with van der Waals surface area (Å²) in [6.45, 7) is 3.72. The summed E-state index contributed by atoms with van der Waals surface area (Å²) in [4.78, 5) is 13.2. The third kappa shape index (κ3) is 3.32. The monoisotopic (exact) mass is 335 g/mol. The second-order valence-electron chi connectivity index (χ2n) is 6.62. The molecule has 1 aromatic rings. The Morgan fingerprint density at radius 3 is 2.58 bits per heavy atom. The van der Waals surface area contributed by atoms with Crippen LogP contribution in [0.15, 0.2) is 12.1 Å². The van der Waals surface area contributed by atoms with Crippen molar-refractivity contribution in [1.29, 1.82) is 0 Å². The summed E-state index contributed by atoms with van der Waals surface area (Å²) >= 11 is 0. The average Bonchev–Trinajstić information content (AvgIpc) is 3.11. The number of methoxy groups -OCH3 is 1. The number of phenols is 1. The van der Waals surface area contributed by atoms with Gasteiger partial charge >= 0.3 is 5.69 Å². The van der Waals surface area contributed by atoms with Crippen LogP contribution in [0.3, 0.4) is 0 Å². The molecule has 24 heavy (non-hydrogen) atoms. The van der Waals surface area contributed by atoms with Gasteiger partial charge in [-0.15, -0.1) is 0 Å². The second-order valence-corrected chi connectivity index (χ2v) is 6.62. The van der Waals surface area contributed by atoms with E-state index in [4.69, 9.17) is 4.74 Å². The van der Waals surface area contributed by atoms with Crippen molar-refractivity contribution in [3.05, 3.63) is 27.8 Å². The normalized spacial score (nSPS) is 20.9. The third-order valence-corrected chi connectivity index (χ3v) is 5.23. The quantitative estimate of drug-likeness (QED) is 0.635. The minimum atomic E-state index is -0.537. The Morgan fingerprint density at radius 1 is 1.33 bits per heavy atom. The molecule has 1 aliphatic carbocycles. The van der Waals surface area contributed by atoms with E-state index in [2.05, 4.69) is 10.2 Å². The molecule has 1 saturated heterocycles. The molecule has 0 amide bonds. The van der Waals surface area contributed by atoms with Gasteiger partial charge in [-0.3, -0.25) is 15.0 Å². The molecular formula is C17H25N3O4. The minimum absolute atomic E-state index is 0.141. The van der Waals surface area contributed by atoms with Gasteiger partial charge in [0.15, 0.2) is 5.75 Å². The first-order chi connectivity index (χ1) is 11.6. The molecule has 0 bridgehead atoms. The molecule has 2 aliphatic rings. The van der Waals surface area contributed by atoms with Crippen LogP contribution >= 0.6 is 0 Å². The van der Waals surface area contributed by atoms with Gasteiger partial charge in [0.25, 0.3) is 0 Å². The summed E-state index contributed by atoms with van der Waals surface area (Å²) in [7, 11) is 1.43. The van der Waals surface area contributed by atoms with Crippen LogP contribution in [0.1, 0.15) is 37.3 Å². The first-order valence-corrected chi connectivity index (χ1v) is 8.62. The molecular weight excluding hydrogens is 310 g/mol. The first kappa shape index (κ1) is 17.0. The minimum Gasteiger partial charge on any atom is -0.500 e. The summed E-state index contributed by atoms with van der Waals surface area (Å²) < 4.78 is 5.19. The van der Waals surface area contributed by atoms with Gasteiger partial charge in [0.1, 0.15) is 0 Å². The number of aromatic hydroxyl groups is 1. The van der Waals surface area contributed by atoms with Gasteiger partial charge in [-0.1, -0.05) is 12.8 Å². The smallest absolute Gasteiger partial charge is 0.314 e. The van der Waals surface area contributed by atoms with Gasteiger partial charge in [-0.05, 0) is 30.4 Å². The molecule has 1 aliphatic heterocycles. The highest BCUT2D eigenvalue weighted by atomic mass is 16.6. The molecule has 0 unspecified atom stereocenters. The topological polar surface area (TPSA) is 87.9 Å². The van der Waals surface area contributed by atoms with Gasteiger partial charge in [-0.2, -0.15) is 0 Å². The number of hydrogen-bond acceptors (Lipinski definition) is 6. The van der Waals surface area contributed by atoms with Crippen LogP contribution in [0.2, 0.25) is 0 Å². The van der Waals surface area contributed by atoms with Crippen LogP contribution in [0, 0.1) is 16.0 Å². The van der Waals surface area contributed by atoms with Crippen molar-refractivity contribution in [2.75, 3.05) is 33.3 Å². The predicted octanol–water partition coefficient (Wildman–Crippen LogP) is 2.45. The molecule has 2 fully saturated rings. The lowest BCUT2D eigenvalue weighted by Gasteiger charge is -2.38. The van der Waals surface area contributed by atoms with Gasteiger partial charge in [0, 0.05) is 38.3 Å². The molecule has 3 rings (SSSR count). The zero-order valence-corrected chi connectivity index (χ0v) is 14.0. The van der Waals surface area contributed by atoms with Crippen LogP contribution in [-0.2, 0) is 0 Å². The number of benzene rings is 1. The Labute approximate surface area is 141 Å². The van der Waals surface area contributed by atoms with Crippen molar-refractivity contribution >= 4 is 5.69 Å². The lowest BCUT2D eigenvalue weighted by Crippen LogP contribution is -2.46. The highest BCUT2D eigenvalue weighted by Gasteiger charge is 2.34. The van der Waals surface area contributed by atoms with Crippen molar-refractivity contribution in [1.82, 2.24) is 10.2 Å². The van der Waals surface area contributed by atoms with Crippen LogP contribution in [0.25, 0.3) is 0 Å². The fourth-order valence-electron chi connectivity index (χ4n) is 4.09. The molecule has 0 spiro atoms. The number of nitro benzene ring substituents is 1. The zero-order chi connectivity index (χ0) is 17.1. The second kappa shape index (κ2) is 7.36. The van der Waals surface area contributed by atoms with E-state index in [0.29, 0.717) is 5.92 Å². The summed E-state index contributed by atoms with van der Waals surface area (Å²) in [5.41, 5.74) is 0.604. The van der Waals surface area contributed by atoms with Crippen LogP contribution in [0.4, 0.5) is 5.69 Å². The summed E-state index contributed by atoms with van der Waals surface area (Å²) in [5, 5.41) is 24.7.